The Morgan fingerprint density at radius 2 is 2.14 bits per heavy atom. The molecular formula is C13H17N7O. The molecule has 2 aliphatic rings. The number of nitrogens with zero attached hydrogens (tertiary/aromatic N) is 5. The molecule has 1 aliphatic carbocycles. The monoisotopic (exact) mass is 287 g/mol. The first kappa shape index (κ1) is 12.5. The maximum atomic E-state index is 5.81. The minimum atomic E-state index is 0.180. The molecule has 0 aromatic carbocycles. The van der Waals surface area contributed by atoms with Crippen molar-refractivity contribution in [3.05, 3.63) is 18.5 Å². The highest BCUT2D eigenvalue weighted by Crippen LogP contribution is 2.39. The molecule has 2 aromatic heterocycles. The molecule has 0 spiro atoms. The van der Waals surface area contributed by atoms with Crippen molar-refractivity contribution in [2.24, 2.45) is 5.92 Å². The van der Waals surface area contributed by atoms with Crippen LogP contribution in [0, 0.1) is 5.92 Å². The van der Waals surface area contributed by atoms with Crippen molar-refractivity contribution in [1.82, 2.24) is 24.7 Å². The first-order chi connectivity index (χ1) is 10.3. The summed E-state index contributed by atoms with van der Waals surface area (Å²) in [5.41, 5.74) is 5.77. The molecule has 3 heterocycles. The molecular weight excluding hydrogens is 270 g/mol. The van der Waals surface area contributed by atoms with E-state index in [-0.39, 0.29) is 18.1 Å². The van der Waals surface area contributed by atoms with E-state index in [4.69, 9.17) is 10.5 Å². The van der Waals surface area contributed by atoms with E-state index in [1.165, 1.54) is 12.8 Å². The molecule has 2 atom stereocenters. The van der Waals surface area contributed by atoms with Crippen molar-refractivity contribution in [3.8, 4) is 5.95 Å². The topological polar surface area (TPSA) is 104 Å². The predicted octanol–water partition coefficient (Wildman–Crippen LogP) is 0.619. The average Bonchev–Trinajstić information content (AvgIpc) is 2.99. The third-order valence-corrected chi connectivity index (χ3v) is 3.89. The van der Waals surface area contributed by atoms with Gasteiger partial charge < -0.3 is 15.8 Å². The summed E-state index contributed by atoms with van der Waals surface area (Å²) in [6.45, 7) is 0.783. The summed E-state index contributed by atoms with van der Waals surface area (Å²) in [7, 11) is 0. The summed E-state index contributed by atoms with van der Waals surface area (Å²) in [5, 5.41) is 7.46. The minimum absolute atomic E-state index is 0.180. The quantitative estimate of drug-likeness (QED) is 0.849. The second-order valence-electron chi connectivity index (χ2n) is 5.48. The van der Waals surface area contributed by atoms with Crippen LogP contribution >= 0.6 is 0 Å². The van der Waals surface area contributed by atoms with Crippen LogP contribution in [0.1, 0.15) is 19.3 Å². The number of hydrogen-bond acceptors (Lipinski definition) is 7. The fourth-order valence-corrected chi connectivity index (χ4v) is 2.76. The Hall–Kier alpha value is -2.22. The van der Waals surface area contributed by atoms with Crippen LogP contribution in [0.15, 0.2) is 18.5 Å². The van der Waals surface area contributed by atoms with Crippen molar-refractivity contribution in [3.63, 3.8) is 0 Å². The summed E-state index contributed by atoms with van der Waals surface area (Å²) in [5.74, 6) is 1.75. The van der Waals surface area contributed by atoms with Crippen LogP contribution in [-0.2, 0) is 4.74 Å². The van der Waals surface area contributed by atoms with Gasteiger partial charge in [-0.25, -0.2) is 4.68 Å². The molecule has 0 bridgehead atoms. The Morgan fingerprint density at radius 3 is 2.90 bits per heavy atom. The van der Waals surface area contributed by atoms with Gasteiger partial charge in [0.1, 0.15) is 0 Å². The van der Waals surface area contributed by atoms with Crippen molar-refractivity contribution >= 4 is 11.9 Å². The lowest BCUT2D eigenvalue weighted by Gasteiger charge is -2.19. The Morgan fingerprint density at radius 1 is 1.24 bits per heavy atom. The van der Waals surface area contributed by atoms with Crippen LogP contribution in [0.5, 0.6) is 0 Å². The van der Waals surface area contributed by atoms with Crippen LogP contribution in [-0.4, -0.2) is 43.5 Å². The second kappa shape index (κ2) is 4.96. The summed E-state index contributed by atoms with van der Waals surface area (Å²) < 4.78 is 7.37. The molecule has 8 heteroatoms. The van der Waals surface area contributed by atoms with E-state index in [0.717, 1.165) is 13.0 Å². The molecule has 0 amide bonds. The molecule has 1 saturated carbocycles. The second-order valence-corrected chi connectivity index (χ2v) is 5.48. The average molecular weight is 287 g/mol. The molecule has 0 radical (unpaired) electrons. The molecule has 8 nitrogen and oxygen atoms in total. The summed E-state index contributed by atoms with van der Waals surface area (Å²) in [6, 6.07) is 2.05. The molecule has 1 saturated heterocycles. The van der Waals surface area contributed by atoms with Crippen LogP contribution in [0.2, 0.25) is 0 Å². The van der Waals surface area contributed by atoms with Gasteiger partial charge in [-0.3, -0.25) is 0 Å². The molecule has 3 N–H and O–H groups in total. The van der Waals surface area contributed by atoms with Gasteiger partial charge in [0.2, 0.25) is 11.9 Å². The number of anilines is 2. The normalized spacial score (nSPS) is 25.1. The largest absolute Gasteiger partial charge is 0.376 e. The van der Waals surface area contributed by atoms with Gasteiger partial charge in [-0.2, -0.15) is 20.1 Å². The summed E-state index contributed by atoms with van der Waals surface area (Å²) in [6.07, 6.45) is 7.16. The lowest BCUT2D eigenvalue weighted by Crippen LogP contribution is -2.32. The predicted molar refractivity (Wildman–Crippen MR) is 75.9 cm³/mol. The zero-order chi connectivity index (χ0) is 14.2. The van der Waals surface area contributed by atoms with Crippen LogP contribution in [0.3, 0.4) is 0 Å². The number of aromatic nitrogens is 5. The van der Waals surface area contributed by atoms with Crippen LogP contribution in [0.4, 0.5) is 11.9 Å². The van der Waals surface area contributed by atoms with E-state index in [1.54, 1.807) is 23.1 Å². The Kier molecular flexibility index (Phi) is 2.95. The maximum Gasteiger partial charge on any atom is 0.257 e. The number of nitrogens with one attached hydrogen (secondary N) is 1. The fourth-order valence-electron chi connectivity index (χ4n) is 2.76. The van der Waals surface area contributed by atoms with Gasteiger partial charge in [-0.05, 0) is 31.2 Å². The van der Waals surface area contributed by atoms with Crippen molar-refractivity contribution in [2.45, 2.75) is 31.4 Å². The van der Waals surface area contributed by atoms with Gasteiger partial charge >= 0.3 is 0 Å². The zero-order valence-electron chi connectivity index (χ0n) is 11.5. The van der Waals surface area contributed by atoms with Crippen LogP contribution in [0.25, 0.3) is 5.95 Å². The van der Waals surface area contributed by atoms with Crippen molar-refractivity contribution in [1.29, 1.82) is 0 Å². The van der Waals surface area contributed by atoms with Gasteiger partial charge in [0, 0.05) is 19.0 Å². The number of nitrogen functional groups attached to an aromatic ring is 1. The first-order valence-electron chi connectivity index (χ1n) is 7.19. The molecule has 110 valence electrons. The van der Waals surface area contributed by atoms with Crippen molar-refractivity contribution in [2.75, 3.05) is 17.7 Å². The first-order valence-corrected chi connectivity index (χ1v) is 7.19. The standard InChI is InChI=1S/C13H17N7O/c14-11-17-12(19-13(18-11)20-6-1-5-15-20)16-9-4-7-21-10(9)8-2-3-8/h1,5-6,8-10H,2-4,7H2,(H3,14,16,17,18,19). The lowest BCUT2D eigenvalue weighted by atomic mass is 10.1. The van der Waals surface area contributed by atoms with Gasteiger partial charge in [0.05, 0.1) is 12.1 Å². The van der Waals surface area contributed by atoms with E-state index < -0.39 is 0 Å². The SMILES string of the molecule is Nc1nc(NC2CCOC2C2CC2)nc(-n2cccn2)n1. The number of nitrogens with two attached hydrogens (primary N) is 1. The van der Waals surface area contributed by atoms with Gasteiger partial charge in [-0.15, -0.1) is 0 Å². The summed E-state index contributed by atoms with van der Waals surface area (Å²) >= 11 is 0. The Labute approximate surface area is 121 Å². The molecule has 21 heavy (non-hydrogen) atoms. The molecule has 2 fully saturated rings. The Bertz CT molecular complexity index is 625. The van der Waals surface area contributed by atoms with E-state index in [0.29, 0.717) is 17.8 Å². The van der Waals surface area contributed by atoms with E-state index in [1.807, 2.05) is 0 Å². The maximum absolute atomic E-state index is 5.81. The highest BCUT2D eigenvalue weighted by molar-refractivity contribution is 5.36. The molecule has 1 aliphatic heterocycles. The van der Waals surface area contributed by atoms with E-state index >= 15 is 0 Å². The fraction of sp³-hybridized carbons (Fsp3) is 0.538. The van der Waals surface area contributed by atoms with Gasteiger partial charge in [0.15, 0.2) is 0 Å². The van der Waals surface area contributed by atoms with Crippen LogP contribution < -0.4 is 11.1 Å². The molecule has 2 unspecified atom stereocenters. The van der Waals surface area contributed by atoms with E-state index in [2.05, 4.69) is 25.4 Å². The number of ether oxygens (including phenoxy) is 1. The number of hydrogen-bond donors (Lipinski definition) is 2. The minimum Gasteiger partial charge on any atom is -0.376 e. The summed E-state index contributed by atoms with van der Waals surface area (Å²) in [4.78, 5) is 12.7. The molecule has 2 aromatic rings. The molecule has 4 rings (SSSR count). The lowest BCUT2D eigenvalue weighted by molar-refractivity contribution is 0.0897. The smallest absolute Gasteiger partial charge is 0.257 e. The third kappa shape index (κ3) is 2.54. The van der Waals surface area contributed by atoms with E-state index in [9.17, 15) is 0 Å². The highest BCUT2D eigenvalue weighted by Gasteiger charge is 2.40. The highest BCUT2D eigenvalue weighted by atomic mass is 16.5. The number of rotatable bonds is 4. The Balaban J connectivity index is 1.57. The third-order valence-electron chi connectivity index (χ3n) is 3.89. The van der Waals surface area contributed by atoms with Gasteiger partial charge in [-0.1, -0.05) is 0 Å². The zero-order valence-corrected chi connectivity index (χ0v) is 11.5. The van der Waals surface area contributed by atoms with Gasteiger partial charge in [0.25, 0.3) is 5.95 Å². The van der Waals surface area contributed by atoms with Crippen molar-refractivity contribution < 1.29 is 4.74 Å².